The van der Waals surface area contributed by atoms with Crippen LogP contribution in [0.25, 0.3) is 0 Å². The molecular formula is C53H97N2O6P. The van der Waals surface area contributed by atoms with Crippen LogP contribution in [-0.2, 0) is 18.4 Å². The molecule has 0 aromatic carbocycles. The average molecular weight is 889 g/mol. The van der Waals surface area contributed by atoms with Gasteiger partial charge in [-0.05, 0) is 83.5 Å². The van der Waals surface area contributed by atoms with E-state index in [4.69, 9.17) is 9.05 Å². The lowest BCUT2D eigenvalue weighted by Crippen LogP contribution is -2.45. The number of hydrogen-bond donors (Lipinski definition) is 2. The molecule has 0 saturated carbocycles. The van der Waals surface area contributed by atoms with E-state index in [0.717, 1.165) is 57.8 Å². The summed E-state index contributed by atoms with van der Waals surface area (Å²) in [6, 6.07) is -0.915. The molecule has 9 heteroatoms. The Hall–Kier alpha value is -2.06. The maximum absolute atomic E-state index is 12.9. The molecule has 3 atom stereocenters. The monoisotopic (exact) mass is 889 g/mol. The van der Waals surface area contributed by atoms with Crippen molar-refractivity contribution in [3.63, 3.8) is 0 Å². The fraction of sp³-hybridized carbons (Fsp3) is 0.755. The van der Waals surface area contributed by atoms with Gasteiger partial charge in [-0.2, -0.15) is 0 Å². The third-order valence-corrected chi connectivity index (χ3v) is 11.8. The van der Waals surface area contributed by atoms with E-state index in [1.807, 2.05) is 27.2 Å². The van der Waals surface area contributed by atoms with Gasteiger partial charge < -0.3 is 28.8 Å². The Morgan fingerprint density at radius 2 is 0.952 bits per heavy atom. The maximum atomic E-state index is 12.9. The van der Waals surface area contributed by atoms with Gasteiger partial charge in [0.2, 0.25) is 5.91 Å². The first-order valence-corrected chi connectivity index (χ1v) is 26.8. The Bertz CT molecular complexity index is 1240. The zero-order valence-electron chi connectivity index (χ0n) is 40.8. The van der Waals surface area contributed by atoms with Crippen LogP contribution in [0.2, 0.25) is 0 Å². The molecule has 360 valence electrons. The Labute approximate surface area is 383 Å². The number of nitrogens with one attached hydrogen (secondary N) is 1. The lowest BCUT2D eigenvalue weighted by molar-refractivity contribution is -0.870. The van der Waals surface area contributed by atoms with Gasteiger partial charge in [0.1, 0.15) is 13.2 Å². The zero-order valence-corrected chi connectivity index (χ0v) is 41.7. The largest absolute Gasteiger partial charge is 0.756 e. The molecule has 2 N–H and O–H groups in total. The number of rotatable bonds is 45. The third kappa shape index (κ3) is 45.9. The van der Waals surface area contributed by atoms with E-state index in [9.17, 15) is 19.4 Å². The van der Waals surface area contributed by atoms with Crippen molar-refractivity contribution in [1.29, 1.82) is 0 Å². The molecule has 0 fully saturated rings. The molecule has 0 saturated heterocycles. The number of carbonyl (C=O) groups is 1. The van der Waals surface area contributed by atoms with E-state index in [1.165, 1.54) is 128 Å². The molecule has 62 heavy (non-hydrogen) atoms. The van der Waals surface area contributed by atoms with Crippen LogP contribution in [0.4, 0.5) is 0 Å². The number of aliphatic hydroxyl groups excluding tert-OH is 1. The van der Waals surface area contributed by atoms with E-state index in [1.54, 1.807) is 6.08 Å². The number of nitrogens with zero attached hydrogens (tertiary/aromatic N) is 1. The smallest absolute Gasteiger partial charge is 0.268 e. The first-order valence-electron chi connectivity index (χ1n) is 25.3. The molecule has 0 aromatic rings. The number of allylic oxidation sites excluding steroid dienone is 11. The normalized spacial score (nSPS) is 14.8. The first kappa shape index (κ1) is 59.9. The molecule has 0 rings (SSSR count). The van der Waals surface area contributed by atoms with Crippen molar-refractivity contribution in [3.8, 4) is 0 Å². The highest BCUT2D eigenvalue weighted by Crippen LogP contribution is 2.38. The summed E-state index contributed by atoms with van der Waals surface area (Å²) in [6.45, 7) is 4.58. The Morgan fingerprint density at radius 3 is 1.42 bits per heavy atom. The maximum Gasteiger partial charge on any atom is 0.268 e. The van der Waals surface area contributed by atoms with E-state index < -0.39 is 26.6 Å². The summed E-state index contributed by atoms with van der Waals surface area (Å²) < 4.78 is 23.2. The topological polar surface area (TPSA) is 108 Å². The van der Waals surface area contributed by atoms with Crippen molar-refractivity contribution in [1.82, 2.24) is 5.32 Å². The van der Waals surface area contributed by atoms with Crippen LogP contribution in [0.15, 0.2) is 72.9 Å². The number of quaternary nitrogens is 1. The quantitative estimate of drug-likeness (QED) is 0.0273. The van der Waals surface area contributed by atoms with Gasteiger partial charge in [-0.3, -0.25) is 9.36 Å². The second-order valence-corrected chi connectivity index (χ2v) is 19.6. The molecule has 0 aliphatic rings. The Balaban J connectivity index is 4.34. The second kappa shape index (κ2) is 44.2. The van der Waals surface area contributed by atoms with Crippen molar-refractivity contribution < 1.29 is 32.9 Å². The molecule has 0 spiro atoms. The molecule has 0 aromatic heterocycles. The molecular weight excluding hydrogens is 792 g/mol. The minimum atomic E-state index is -4.61. The molecule has 1 amide bonds. The van der Waals surface area contributed by atoms with Crippen LogP contribution in [0.1, 0.15) is 206 Å². The molecule has 8 nitrogen and oxygen atoms in total. The van der Waals surface area contributed by atoms with Gasteiger partial charge in [-0.1, -0.05) is 189 Å². The standard InChI is InChI=1S/C53H97N2O6P/c1-6-8-10-12-14-16-18-20-22-23-24-25-26-27-28-29-30-31-33-35-37-39-41-43-45-47-53(57)54-51(50-61-62(58,59)60-49-48-55(3,4)5)52(56)46-44-42-40-38-36-34-32-21-19-17-15-13-11-9-7-2/h18-21,23-24,26-27,36,38,44,46,51-52,56H,6-17,22,25,28-35,37,39-43,45,47-50H2,1-5H3,(H-,54,57,58,59)/b20-18-,21-19+,24-23-,27-26-,38-36+,46-44+. The minimum Gasteiger partial charge on any atom is -0.756 e. The molecule has 0 aliphatic carbocycles. The summed E-state index contributed by atoms with van der Waals surface area (Å²) in [5.74, 6) is -0.218. The van der Waals surface area contributed by atoms with Gasteiger partial charge >= 0.3 is 0 Å². The predicted octanol–water partition coefficient (Wildman–Crippen LogP) is 14.1. The minimum absolute atomic E-state index is 0.0128. The number of phosphoric acid groups is 1. The number of phosphoric ester groups is 1. The fourth-order valence-corrected chi connectivity index (χ4v) is 7.56. The van der Waals surface area contributed by atoms with Gasteiger partial charge in [0.15, 0.2) is 0 Å². The summed E-state index contributed by atoms with van der Waals surface area (Å²) >= 11 is 0. The average Bonchev–Trinajstić information content (AvgIpc) is 3.23. The lowest BCUT2D eigenvalue weighted by Gasteiger charge is -2.29. The van der Waals surface area contributed by atoms with Crippen LogP contribution in [0.5, 0.6) is 0 Å². The van der Waals surface area contributed by atoms with Crippen LogP contribution in [-0.4, -0.2) is 68.5 Å². The van der Waals surface area contributed by atoms with Crippen LogP contribution < -0.4 is 10.2 Å². The molecule has 3 unspecified atom stereocenters. The first-order chi connectivity index (χ1) is 30.0. The van der Waals surface area contributed by atoms with Crippen molar-refractivity contribution in [2.75, 3.05) is 40.9 Å². The predicted molar refractivity (Wildman–Crippen MR) is 265 cm³/mol. The third-order valence-electron chi connectivity index (χ3n) is 10.9. The Morgan fingerprint density at radius 1 is 0.565 bits per heavy atom. The highest BCUT2D eigenvalue weighted by molar-refractivity contribution is 7.45. The fourth-order valence-electron chi connectivity index (χ4n) is 6.84. The van der Waals surface area contributed by atoms with Crippen LogP contribution in [0.3, 0.4) is 0 Å². The van der Waals surface area contributed by atoms with Gasteiger partial charge in [0.25, 0.3) is 7.82 Å². The van der Waals surface area contributed by atoms with Gasteiger partial charge in [-0.15, -0.1) is 0 Å². The van der Waals surface area contributed by atoms with E-state index in [2.05, 4.69) is 79.9 Å². The van der Waals surface area contributed by atoms with E-state index >= 15 is 0 Å². The summed E-state index contributed by atoms with van der Waals surface area (Å²) in [6.07, 6.45) is 59.6. The van der Waals surface area contributed by atoms with Gasteiger partial charge in [-0.25, -0.2) is 0 Å². The molecule has 0 aliphatic heterocycles. The van der Waals surface area contributed by atoms with E-state index in [0.29, 0.717) is 17.4 Å². The highest BCUT2D eigenvalue weighted by atomic mass is 31.2. The Kier molecular flexibility index (Phi) is 42.7. The number of hydrogen-bond acceptors (Lipinski definition) is 6. The number of aliphatic hydroxyl groups is 1. The van der Waals surface area contributed by atoms with Gasteiger partial charge in [0.05, 0.1) is 39.9 Å². The van der Waals surface area contributed by atoms with Crippen molar-refractivity contribution >= 4 is 13.7 Å². The van der Waals surface area contributed by atoms with Crippen molar-refractivity contribution in [2.24, 2.45) is 0 Å². The summed E-state index contributed by atoms with van der Waals surface area (Å²) in [5, 5.41) is 13.8. The van der Waals surface area contributed by atoms with Gasteiger partial charge in [0, 0.05) is 6.42 Å². The summed E-state index contributed by atoms with van der Waals surface area (Å²) in [4.78, 5) is 25.4. The van der Waals surface area contributed by atoms with Crippen LogP contribution >= 0.6 is 7.82 Å². The zero-order chi connectivity index (χ0) is 45.7. The SMILES string of the molecule is CCCCCCC/C=C\C/C=C\C/C=C\CCCCCCCCCCCCC(=O)NC(COP(=O)([O-])OCC[N+](C)(C)C)C(O)/C=C/CC/C=C/CC/C=C/CCCCCCC. The number of carbonyl (C=O) groups excluding carboxylic acids is 1. The molecule has 0 bridgehead atoms. The number of amides is 1. The number of likely N-dealkylation sites (N-methyl/N-ethyl adjacent to an activating group) is 1. The van der Waals surface area contributed by atoms with E-state index in [-0.39, 0.29) is 12.5 Å². The number of unbranched alkanes of at least 4 members (excludes halogenated alkanes) is 22. The van der Waals surface area contributed by atoms with Crippen molar-refractivity contribution in [2.45, 2.75) is 219 Å². The second-order valence-electron chi connectivity index (χ2n) is 18.1. The lowest BCUT2D eigenvalue weighted by atomic mass is 10.0. The molecule has 0 radical (unpaired) electrons. The van der Waals surface area contributed by atoms with Crippen LogP contribution in [0, 0.1) is 0 Å². The summed E-state index contributed by atoms with van der Waals surface area (Å²) in [5.41, 5.74) is 0. The highest BCUT2D eigenvalue weighted by Gasteiger charge is 2.23. The summed E-state index contributed by atoms with van der Waals surface area (Å²) in [7, 11) is 1.22. The van der Waals surface area contributed by atoms with Crippen molar-refractivity contribution in [3.05, 3.63) is 72.9 Å². The molecule has 0 heterocycles.